The predicted molar refractivity (Wildman–Crippen MR) is 125 cm³/mol. The maximum Gasteiger partial charge on any atom is 0.275 e. The lowest BCUT2D eigenvalue weighted by molar-refractivity contribution is 0.102. The molecule has 170 valence electrons. The summed E-state index contributed by atoms with van der Waals surface area (Å²) in [5, 5.41) is 19.1. The van der Waals surface area contributed by atoms with Crippen LogP contribution < -0.4 is 5.32 Å². The Morgan fingerprint density at radius 2 is 1.94 bits per heavy atom. The third-order valence-corrected chi connectivity index (χ3v) is 5.12. The van der Waals surface area contributed by atoms with E-state index in [-0.39, 0.29) is 17.5 Å². The van der Waals surface area contributed by atoms with Crippen LogP contribution >= 0.6 is 0 Å². The second-order valence-corrected chi connectivity index (χ2v) is 9.13. The molecule has 0 atom stereocenters. The molecule has 0 saturated carbocycles. The van der Waals surface area contributed by atoms with Gasteiger partial charge in [0.15, 0.2) is 0 Å². The largest absolute Gasteiger partial charge is 0.305 e. The second-order valence-electron chi connectivity index (χ2n) is 9.13. The molecule has 0 aliphatic rings. The Bertz CT molecular complexity index is 1300. The van der Waals surface area contributed by atoms with E-state index < -0.39 is 0 Å². The van der Waals surface area contributed by atoms with Crippen molar-refractivity contribution in [3.8, 4) is 22.6 Å². The summed E-state index contributed by atoms with van der Waals surface area (Å²) in [5.74, 6) is 0.570. The molecular formula is C23H27N9O. The smallest absolute Gasteiger partial charge is 0.275 e. The summed E-state index contributed by atoms with van der Waals surface area (Å²) >= 11 is 0. The molecule has 4 heterocycles. The number of nitrogens with one attached hydrogen (secondary N) is 1. The van der Waals surface area contributed by atoms with Crippen LogP contribution in [0.3, 0.4) is 0 Å². The van der Waals surface area contributed by atoms with Crippen molar-refractivity contribution in [2.45, 2.75) is 53.1 Å². The van der Waals surface area contributed by atoms with E-state index in [1.54, 1.807) is 41.3 Å². The minimum atomic E-state index is -0.354. The monoisotopic (exact) mass is 445 g/mol. The van der Waals surface area contributed by atoms with E-state index in [2.05, 4.69) is 56.7 Å². The maximum atomic E-state index is 13.0. The number of hydrogen-bond donors (Lipinski definition) is 1. The van der Waals surface area contributed by atoms with E-state index in [0.29, 0.717) is 23.0 Å². The highest BCUT2D eigenvalue weighted by Crippen LogP contribution is 2.26. The van der Waals surface area contributed by atoms with Gasteiger partial charge in [-0.15, -0.1) is 5.10 Å². The highest BCUT2D eigenvalue weighted by molar-refractivity contribution is 6.03. The van der Waals surface area contributed by atoms with Crippen molar-refractivity contribution in [1.82, 2.24) is 40.0 Å². The first kappa shape index (κ1) is 22.3. The van der Waals surface area contributed by atoms with Crippen LogP contribution in [0.15, 0.2) is 42.9 Å². The Hall–Kier alpha value is -3.95. The maximum absolute atomic E-state index is 13.0. The van der Waals surface area contributed by atoms with Crippen LogP contribution in [-0.4, -0.2) is 45.9 Å². The molecule has 0 radical (unpaired) electrons. The van der Waals surface area contributed by atoms with Crippen molar-refractivity contribution in [3.63, 3.8) is 0 Å². The molecule has 0 bridgehead atoms. The normalized spacial score (nSPS) is 11.7. The van der Waals surface area contributed by atoms with E-state index in [9.17, 15) is 4.79 Å². The lowest BCUT2D eigenvalue weighted by Gasteiger charge is -2.18. The van der Waals surface area contributed by atoms with Crippen LogP contribution in [0.4, 0.5) is 5.82 Å². The van der Waals surface area contributed by atoms with Crippen molar-refractivity contribution in [1.29, 1.82) is 0 Å². The fourth-order valence-corrected chi connectivity index (χ4v) is 3.31. The SMILES string of the molecule is Cc1cnc(C(=O)Nc2cccc(-c3nnnn3C(C)C)n2)cc1-c1cnn(C(C)(C)C)c1. The van der Waals surface area contributed by atoms with Gasteiger partial charge in [-0.2, -0.15) is 5.10 Å². The third kappa shape index (κ3) is 4.64. The molecule has 1 amide bonds. The van der Waals surface area contributed by atoms with Gasteiger partial charge in [0, 0.05) is 18.0 Å². The van der Waals surface area contributed by atoms with Gasteiger partial charge in [-0.1, -0.05) is 6.07 Å². The number of pyridine rings is 2. The highest BCUT2D eigenvalue weighted by Gasteiger charge is 2.18. The van der Waals surface area contributed by atoms with E-state index in [1.165, 1.54) is 0 Å². The average Bonchev–Trinajstić information content (AvgIpc) is 3.44. The van der Waals surface area contributed by atoms with Gasteiger partial charge < -0.3 is 5.32 Å². The number of aromatic nitrogens is 8. The number of rotatable bonds is 5. The minimum Gasteiger partial charge on any atom is -0.305 e. The Kier molecular flexibility index (Phi) is 5.75. The van der Waals surface area contributed by atoms with E-state index in [1.807, 2.05) is 31.6 Å². The molecule has 0 aliphatic carbocycles. The lowest BCUT2D eigenvalue weighted by atomic mass is 10.0. The summed E-state index contributed by atoms with van der Waals surface area (Å²) in [4.78, 5) is 21.8. The fraction of sp³-hybridized carbons (Fsp3) is 0.348. The third-order valence-electron chi connectivity index (χ3n) is 5.12. The second kappa shape index (κ2) is 8.53. The van der Waals surface area contributed by atoms with Gasteiger partial charge >= 0.3 is 0 Å². The van der Waals surface area contributed by atoms with Crippen molar-refractivity contribution in [2.75, 3.05) is 5.32 Å². The Labute approximate surface area is 192 Å². The Balaban J connectivity index is 1.59. The van der Waals surface area contributed by atoms with E-state index >= 15 is 0 Å². The molecule has 10 heteroatoms. The van der Waals surface area contributed by atoms with Gasteiger partial charge in [0.1, 0.15) is 17.2 Å². The summed E-state index contributed by atoms with van der Waals surface area (Å²) < 4.78 is 3.58. The first-order chi connectivity index (χ1) is 15.6. The number of carbonyl (C=O) groups is 1. The van der Waals surface area contributed by atoms with Crippen LogP contribution in [0, 0.1) is 6.92 Å². The number of amides is 1. The first-order valence-corrected chi connectivity index (χ1v) is 10.7. The zero-order chi connectivity index (χ0) is 23.8. The van der Waals surface area contributed by atoms with Crippen molar-refractivity contribution in [2.24, 2.45) is 0 Å². The summed E-state index contributed by atoms with van der Waals surface area (Å²) in [5.41, 5.74) is 3.52. The lowest BCUT2D eigenvalue weighted by Crippen LogP contribution is -2.21. The topological polar surface area (TPSA) is 116 Å². The average molecular weight is 446 g/mol. The fourth-order valence-electron chi connectivity index (χ4n) is 3.31. The zero-order valence-corrected chi connectivity index (χ0v) is 19.6. The van der Waals surface area contributed by atoms with Gasteiger partial charge in [-0.05, 0) is 81.3 Å². The molecule has 4 aromatic rings. The number of aryl methyl sites for hydroxylation is 1. The van der Waals surface area contributed by atoms with E-state index in [0.717, 1.165) is 16.7 Å². The number of nitrogens with zero attached hydrogens (tertiary/aromatic N) is 8. The van der Waals surface area contributed by atoms with Crippen molar-refractivity contribution in [3.05, 3.63) is 54.1 Å². The van der Waals surface area contributed by atoms with Crippen LogP contribution in [0.1, 0.15) is 56.7 Å². The molecule has 33 heavy (non-hydrogen) atoms. The Morgan fingerprint density at radius 1 is 1.15 bits per heavy atom. The summed E-state index contributed by atoms with van der Waals surface area (Å²) in [6.07, 6.45) is 5.48. The quantitative estimate of drug-likeness (QED) is 0.495. The van der Waals surface area contributed by atoms with Crippen molar-refractivity contribution < 1.29 is 4.79 Å². The molecule has 0 fully saturated rings. The predicted octanol–water partition coefficient (Wildman–Crippen LogP) is 3.89. The molecule has 4 aromatic heterocycles. The summed E-state index contributed by atoms with van der Waals surface area (Å²) in [6.45, 7) is 12.2. The van der Waals surface area contributed by atoms with Gasteiger partial charge in [0.2, 0.25) is 5.82 Å². The first-order valence-electron chi connectivity index (χ1n) is 10.7. The molecule has 4 rings (SSSR count). The molecule has 0 unspecified atom stereocenters. The van der Waals surface area contributed by atoms with Crippen LogP contribution in [0.5, 0.6) is 0 Å². The van der Waals surface area contributed by atoms with E-state index in [4.69, 9.17) is 0 Å². The molecule has 0 spiro atoms. The van der Waals surface area contributed by atoms with Gasteiger partial charge in [-0.25, -0.2) is 9.67 Å². The zero-order valence-electron chi connectivity index (χ0n) is 19.6. The summed E-state index contributed by atoms with van der Waals surface area (Å²) in [7, 11) is 0. The molecule has 10 nitrogen and oxygen atoms in total. The van der Waals surface area contributed by atoms with Gasteiger partial charge in [0.25, 0.3) is 5.91 Å². The molecule has 0 saturated heterocycles. The van der Waals surface area contributed by atoms with Crippen molar-refractivity contribution >= 4 is 11.7 Å². The molecule has 0 aromatic carbocycles. The highest BCUT2D eigenvalue weighted by atomic mass is 16.1. The van der Waals surface area contributed by atoms with Crippen LogP contribution in [0.2, 0.25) is 0 Å². The molecule has 0 aliphatic heterocycles. The number of tetrazole rings is 1. The number of carbonyl (C=O) groups excluding carboxylic acids is 1. The standard InChI is InChI=1S/C23H27N9O/c1-14(2)32-21(28-29-30-32)18-8-7-9-20(26-18)27-22(33)19-10-17(15(3)11-24-19)16-12-25-31(13-16)23(4,5)6/h7-14H,1-6H3,(H,26,27,33). The van der Waals surface area contributed by atoms with Gasteiger partial charge in [0.05, 0.1) is 17.8 Å². The van der Waals surface area contributed by atoms with Gasteiger partial charge in [-0.3, -0.25) is 14.5 Å². The molecule has 1 N–H and O–H groups in total. The Morgan fingerprint density at radius 3 is 2.64 bits per heavy atom. The van der Waals surface area contributed by atoms with Crippen LogP contribution in [0.25, 0.3) is 22.6 Å². The minimum absolute atomic E-state index is 0.0767. The van der Waals surface area contributed by atoms with Crippen LogP contribution in [-0.2, 0) is 5.54 Å². The number of hydrogen-bond acceptors (Lipinski definition) is 7. The number of anilines is 1. The summed E-state index contributed by atoms with van der Waals surface area (Å²) in [6, 6.07) is 7.17. The molecular weight excluding hydrogens is 418 g/mol.